The van der Waals surface area contributed by atoms with Crippen LogP contribution in [0, 0.1) is 11.8 Å². The van der Waals surface area contributed by atoms with Crippen LogP contribution in [-0.2, 0) is 9.53 Å². The molecule has 2 heterocycles. The summed E-state index contributed by atoms with van der Waals surface area (Å²) in [6.07, 6.45) is 0. The molecule has 4 atom stereocenters. The van der Waals surface area contributed by atoms with Crippen molar-refractivity contribution in [2.45, 2.75) is 12.0 Å². The molecule has 3 aromatic rings. The lowest BCUT2D eigenvalue weighted by molar-refractivity contribution is -0.141. The fourth-order valence-electron chi connectivity index (χ4n) is 6.02. The van der Waals surface area contributed by atoms with Gasteiger partial charge < -0.3 is 33.7 Å². The first-order chi connectivity index (χ1) is 20.3. The van der Waals surface area contributed by atoms with E-state index in [0.29, 0.717) is 38.8 Å². The van der Waals surface area contributed by atoms with E-state index < -0.39 is 17.9 Å². The fraction of sp³-hybridized carbons (Fsp3) is 0.300. The van der Waals surface area contributed by atoms with Crippen LogP contribution in [0.3, 0.4) is 0 Å². The highest BCUT2D eigenvalue weighted by atomic mass is 79.9. The average molecular weight is 656 g/mol. The van der Waals surface area contributed by atoms with Crippen molar-refractivity contribution in [2.75, 3.05) is 34.7 Å². The molecule has 1 saturated heterocycles. The lowest BCUT2D eigenvalue weighted by Crippen LogP contribution is -2.47. The summed E-state index contributed by atoms with van der Waals surface area (Å²) >= 11 is 9.01. The highest BCUT2D eigenvalue weighted by molar-refractivity contribution is 9.10. The van der Waals surface area contributed by atoms with Gasteiger partial charge in [-0.15, -0.1) is 0 Å². The molecule has 0 radical (unpaired) electrons. The lowest BCUT2D eigenvalue weighted by Gasteiger charge is -2.40. The molecule has 0 spiro atoms. The molecule has 3 aromatic carbocycles. The van der Waals surface area contributed by atoms with Crippen LogP contribution in [0.2, 0.25) is 0 Å². The summed E-state index contributed by atoms with van der Waals surface area (Å²) in [7, 11) is 4.63. The van der Waals surface area contributed by atoms with Crippen LogP contribution in [0.15, 0.2) is 53.0 Å². The molecule has 0 bridgehead atoms. The number of esters is 1. The number of benzene rings is 3. The Morgan fingerprint density at radius 3 is 2.26 bits per heavy atom. The molecule has 10 nitrogen and oxygen atoms in total. The number of carbonyl (C=O) groups excluding carboxylic acids is 2. The molecule has 2 N–H and O–H groups in total. The highest BCUT2D eigenvalue weighted by Crippen LogP contribution is 2.55. The topological polar surface area (TPSA) is 114 Å². The van der Waals surface area contributed by atoms with Crippen molar-refractivity contribution in [3.63, 3.8) is 0 Å². The third-order valence-corrected chi connectivity index (χ3v) is 8.78. The minimum absolute atomic E-state index is 0.0838. The number of ether oxygens (including phenoxy) is 6. The van der Waals surface area contributed by atoms with Crippen LogP contribution < -0.4 is 34.3 Å². The Labute approximate surface area is 255 Å². The number of carbonyl (C=O) groups is 2. The molecule has 3 aliphatic rings. The maximum absolute atomic E-state index is 13.4. The summed E-state index contributed by atoms with van der Waals surface area (Å²) in [4.78, 5) is 26.4. The van der Waals surface area contributed by atoms with Gasteiger partial charge in [-0.25, -0.2) is 0 Å². The second kappa shape index (κ2) is 11.3. The zero-order valence-corrected chi connectivity index (χ0v) is 25.3. The normalized spacial score (nSPS) is 21.5. The minimum Gasteiger partial charge on any atom is -0.493 e. The maximum atomic E-state index is 13.4. The molecule has 42 heavy (non-hydrogen) atoms. The van der Waals surface area contributed by atoms with Gasteiger partial charge in [0.25, 0.3) is 5.91 Å². The van der Waals surface area contributed by atoms with Gasteiger partial charge in [0, 0.05) is 16.3 Å². The SMILES string of the molecule is COc1cc([C@@H]2c3cc4c(cc3[C@@H](NC(=S)NC(=O)c3ccccc3Br)[C@H]3COC(=O)[C@H]23)OCO4)cc(OC)c1OC. The summed E-state index contributed by atoms with van der Waals surface area (Å²) in [6, 6.07) is 14.1. The van der Waals surface area contributed by atoms with E-state index in [9.17, 15) is 9.59 Å². The summed E-state index contributed by atoms with van der Waals surface area (Å²) in [6.45, 7) is 0.247. The number of amides is 1. The summed E-state index contributed by atoms with van der Waals surface area (Å²) < 4.78 is 34.5. The molecule has 2 aliphatic heterocycles. The Balaban J connectivity index is 1.43. The van der Waals surface area contributed by atoms with Crippen molar-refractivity contribution in [3.8, 4) is 28.7 Å². The van der Waals surface area contributed by atoms with Crippen LogP contribution in [0.25, 0.3) is 0 Å². The Kier molecular flexibility index (Phi) is 7.58. The molecule has 0 saturated carbocycles. The number of halogens is 1. The Hall–Kier alpha value is -4.03. The molecule has 12 heteroatoms. The number of rotatable bonds is 6. The molecule has 1 amide bonds. The van der Waals surface area contributed by atoms with Crippen molar-refractivity contribution < 1.29 is 38.0 Å². The number of thiocarbonyl (C=S) groups is 1. The van der Waals surface area contributed by atoms with Gasteiger partial charge in [0.2, 0.25) is 12.5 Å². The first kappa shape index (κ1) is 28.1. The van der Waals surface area contributed by atoms with Gasteiger partial charge in [-0.2, -0.15) is 0 Å². The average Bonchev–Trinajstić information content (AvgIpc) is 3.61. The predicted molar refractivity (Wildman–Crippen MR) is 159 cm³/mol. The first-order valence-corrected chi connectivity index (χ1v) is 14.3. The van der Waals surface area contributed by atoms with Gasteiger partial charge >= 0.3 is 5.97 Å². The predicted octanol–water partition coefficient (Wildman–Crippen LogP) is 4.48. The Morgan fingerprint density at radius 2 is 1.62 bits per heavy atom. The van der Waals surface area contributed by atoms with E-state index in [2.05, 4.69) is 26.6 Å². The monoisotopic (exact) mass is 654 g/mol. The highest BCUT2D eigenvalue weighted by Gasteiger charge is 2.53. The quantitative estimate of drug-likeness (QED) is 0.291. The Morgan fingerprint density at radius 1 is 0.952 bits per heavy atom. The lowest BCUT2D eigenvalue weighted by atomic mass is 9.65. The van der Waals surface area contributed by atoms with Crippen LogP contribution in [-0.4, -0.2) is 51.7 Å². The van der Waals surface area contributed by atoms with Crippen LogP contribution in [0.1, 0.15) is 39.0 Å². The van der Waals surface area contributed by atoms with E-state index in [1.165, 1.54) is 7.11 Å². The van der Waals surface area contributed by atoms with Gasteiger partial charge in [-0.1, -0.05) is 12.1 Å². The number of hydrogen-bond donors (Lipinski definition) is 2. The van der Waals surface area contributed by atoms with E-state index in [4.69, 9.17) is 40.6 Å². The molecular formula is C30H27BrN2O8S. The number of hydrogen-bond acceptors (Lipinski definition) is 9. The summed E-state index contributed by atoms with van der Waals surface area (Å²) in [5.74, 6) is 0.473. The minimum atomic E-state index is -0.583. The van der Waals surface area contributed by atoms with Gasteiger partial charge in [0.1, 0.15) is 0 Å². The van der Waals surface area contributed by atoms with Crippen LogP contribution >= 0.6 is 28.1 Å². The maximum Gasteiger partial charge on any atom is 0.310 e. The van der Waals surface area contributed by atoms with Crippen LogP contribution in [0.5, 0.6) is 28.7 Å². The van der Waals surface area contributed by atoms with Crippen LogP contribution in [0.4, 0.5) is 0 Å². The third-order valence-electron chi connectivity index (χ3n) is 7.87. The third kappa shape index (κ3) is 4.78. The standard InChI is InChI=1S/C30H27BrN2O8S/c1-36-22-8-14(9-23(37-2)27(22)38-3)24-16-10-20-21(41-13-40-20)11-17(16)26(18-12-39-29(35)25(18)24)32-30(42)33-28(34)15-6-4-5-7-19(15)31/h4-11,18,24-26H,12-13H2,1-3H3,(H2,32,33,34,42)/t18-,24+,25-,26+/m0/s1. The molecule has 1 fully saturated rings. The zero-order chi connectivity index (χ0) is 29.5. The van der Waals surface area contributed by atoms with Gasteiger partial charge in [-0.3, -0.25) is 14.9 Å². The van der Waals surface area contributed by atoms with Crippen molar-refractivity contribution >= 4 is 45.1 Å². The summed E-state index contributed by atoms with van der Waals surface area (Å²) in [5, 5.41) is 6.19. The number of cyclic esters (lactones) is 1. The number of nitrogens with one attached hydrogen (secondary N) is 2. The van der Waals surface area contributed by atoms with Gasteiger partial charge in [0.05, 0.1) is 45.5 Å². The second-order valence-electron chi connectivity index (χ2n) is 9.98. The second-order valence-corrected chi connectivity index (χ2v) is 11.2. The van der Waals surface area contributed by atoms with E-state index in [1.807, 2.05) is 30.3 Å². The van der Waals surface area contributed by atoms with Crippen molar-refractivity contribution in [1.29, 1.82) is 0 Å². The smallest absolute Gasteiger partial charge is 0.310 e. The van der Waals surface area contributed by atoms with E-state index in [0.717, 1.165) is 16.7 Å². The molecule has 218 valence electrons. The van der Waals surface area contributed by atoms with E-state index in [-0.39, 0.29) is 36.3 Å². The fourth-order valence-corrected chi connectivity index (χ4v) is 6.71. The first-order valence-electron chi connectivity index (χ1n) is 13.1. The van der Waals surface area contributed by atoms with E-state index in [1.54, 1.807) is 32.4 Å². The molecule has 0 aromatic heterocycles. The molecule has 0 unspecified atom stereocenters. The molecule has 1 aliphatic carbocycles. The zero-order valence-electron chi connectivity index (χ0n) is 22.9. The van der Waals surface area contributed by atoms with Crippen molar-refractivity contribution in [1.82, 2.24) is 10.6 Å². The van der Waals surface area contributed by atoms with Gasteiger partial charge in [0.15, 0.2) is 28.1 Å². The van der Waals surface area contributed by atoms with Gasteiger partial charge in [-0.05, 0) is 81.2 Å². The van der Waals surface area contributed by atoms with Crippen molar-refractivity contribution in [2.24, 2.45) is 11.8 Å². The number of fused-ring (bicyclic) bond motifs is 3. The summed E-state index contributed by atoms with van der Waals surface area (Å²) in [5.41, 5.74) is 2.89. The largest absolute Gasteiger partial charge is 0.493 e. The molecular weight excluding hydrogens is 628 g/mol. The van der Waals surface area contributed by atoms with E-state index >= 15 is 0 Å². The molecule has 6 rings (SSSR count). The van der Waals surface area contributed by atoms with Crippen molar-refractivity contribution in [3.05, 3.63) is 75.3 Å². The number of methoxy groups -OCH3 is 3. The Bertz CT molecular complexity index is 1570.